The monoisotopic (exact) mass is 248 g/mol. The third-order valence-electron chi connectivity index (χ3n) is 3.22. The minimum atomic E-state index is -0.290. The number of anilines is 1. The molecule has 4 nitrogen and oxygen atoms in total. The van der Waals surface area contributed by atoms with Crippen molar-refractivity contribution in [1.29, 1.82) is 0 Å². The fourth-order valence-corrected chi connectivity index (χ4v) is 2.29. The smallest absolute Gasteiger partial charge is 0.337 e. The first kappa shape index (κ1) is 12.9. The van der Waals surface area contributed by atoms with E-state index >= 15 is 0 Å². The summed E-state index contributed by atoms with van der Waals surface area (Å²) in [5.41, 5.74) is 1.87. The Hall–Kier alpha value is -1.55. The van der Waals surface area contributed by atoms with E-state index in [2.05, 4.69) is 24.1 Å². The van der Waals surface area contributed by atoms with Gasteiger partial charge in [-0.05, 0) is 38.1 Å². The second-order valence-electron chi connectivity index (χ2n) is 5.27. The molecular formula is C14H20N2O2. The first-order valence-electron chi connectivity index (χ1n) is 6.20. The van der Waals surface area contributed by atoms with E-state index in [0.717, 1.165) is 25.3 Å². The second-order valence-corrected chi connectivity index (χ2v) is 5.27. The normalized spacial score (nSPS) is 18.5. The summed E-state index contributed by atoms with van der Waals surface area (Å²) >= 11 is 0. The average molecular weight is 248 g/mol. The van der Waals surface area contributed by atoms with Gasteiger partial charge in [0.05, 0.1) is 12.7 Å². The predicted molar refractivity (Wildman–Crippen MR) is 72.1 cm³/mol. The standard InChI is InChI=1S/C14H20N2O2/c1-14(2)10-16(9-8-15-14)12-6-4-11(5-7-12)13(17)18-3/h4-7,15H,8-10H2,1-3H3. The molecule has 98 valence electrons. The van der Waals surface area contributed by atoms with Crippen molar-refractivity contribution in [3.05, 3.63) is 29.8 Å². The van der Waals surface area contributed by atoms with E-state index in [1.807, 2.05) is 24.3 Å². The van der Waals surface area contributed by atoms with Gasteiger partial charge in [-0.25, -0.2) is 4.79 Å². The van der Waals surface area contributed by atoms with E-state index in [1.165, 1.54) is 7.11 Å². The number of carbonyl (C=O) groups is 1. The molecule has 1 aliphatic rings. The molecule has 1 fully saturated rings. The van der Waals surface area contributed by atoms with E-state index in [4.69, 9.17) is 4.74 Å². The van der Waals surface area contributed by atoms with Crippen molar-refractivity contribution in [3.63, 3.8) is 0 Å². The number of hydrogen-bond donors (Lipinski definition) is 1. The van der Waals surface area contributed by atoms with Gasteiger partial charge >= 0.3 is 5.97 Å². The minimum absolute atomic E-state index is 0.124. The Balaban J connectivity index is 2.12. The van der Waals surface area contributed by atoms with Crippen LogP contribution in [0.3, 0.4) is 0 Å². The van der Waals surface area contributed by atoms with Gasteiger partial charge < -0.3 is 15.0 Å². The lowest BCUT2D eigenvalue weighted by molar-refractivity contribution is 0.0601. The lowest BCUT2D eigenvalue weighted by Gasteiger charge is -2.40. The molecule has 0 radical (unpaired) electrons. The summed E-state index contributed by atoms with van der Waals surface area (Å²) in [4.78, 5) is 13.7. The summed E-state index contributed by atoms with van der Waals surface area (Å²) in [6.07, 6.45) is 0. The number of ether oxygens (including phenoxy) is 1. The average Bonchev–Trinajstić information content (AvgIpc) is 2.37. The van der Waals surface area contributed by atoms with Crippen LogP contribution in [0.4, 0.5) is 5.69 Å². The molecule has 0 aliphatic carbocycles. The Morgan fingerprint density at radius 1 is 1.33 bits per heavy atom. The van der Waals surface area contributed by atoms with E-state index in [0.29, 0.717) is 5.56 Å². The highest BCUT2D eigenvalue weighted by Gasteiger charge is 2.25. The predicted octanol–water partition coefficient (Wildman–Crippen LogP) is 1.66. The van der Waals surface area contributed by atoms with Gasteiger partial charge in [0.15, 0.2) is 0 Å². The summed E-state index contributed by atoms with van der Waals surface area (Å²) in [6, 6.07) is 7.59. The Kier molecular flexibility index (Phi) is 3.57. The lowest BCUT2D eigenvalue weighted by atomic mass is 10.0. The number of carbonyl (C=O) groups excluding carboxylic acids is 1. The van der Waals surface area contributed by atoms with Crippen LogP contribution in [0.15, 0.2) is 24.3 Å². The molecule has 0 bridgehead atoms. The summed E-state index contributed by atoms with van der Waals surface area (Å²) < 4.78 is 4.69. The molecule has 2 rings (SSSR count). The summed E-state index contributed by atoms with van der Waals surface area (Å²) in [6.45, 7) is 7.32. The molecule has 4 heteroatoms. The van der Waals surface area contributed by atoms with Crippen LogP contribution >= 0.6 is 0 Å². The Morgan fingerprint density at radius 2 is 2.00 bits per heavy atom. The SMILES string of the molecule is COC(=O)c1ccc(N2CCNC(C)(C)C2)cc1. The van der Waals surface area contributed by atoms with E-state index in [9.17, 15) is 4.79 Å². The van der Waals surface area contributed by atoms with Gasteiger partial charge in [0.1, 0.15) is 0 Å². The number of hydrogen-bond acceptors (Lipinski definition) is 4. The van der Waals surface area contributed by atoms with Crippen LogP contribution in [0.2, 0.25) is 0 Å². The molecule has 1 saturated heterocycles. The van der Waals surface area contributed by atoms with Gasteiger partial charge in [0.2, 0.25) is 0 Å². The third kappa shape index (κ3) is 2.82. The van der Waals surface area contributed by atoms with Crippen molar-refractivity contribution < 1.29 is 9.53 Å². The van der Waals surface area contributed by atoms with E-state index in [1.54, 1.807) is 0 Å². The molecule has 0 unspecified atom stereocenters. The van der Waals surface area contributed by atoms with Crippen LogP contribution in [0.1, 0.15) is 24.2 Å². The first-order chi connectivity index (χ1) is 8.52. The molecule has 1 aromatic rings. The van der Waals surface area contributed by atoms with Crippen LogP contribution < -0.4 is 10.2 Å². The van der Waals surface area contributed by atoms with Crippen LogP contribution in [0.25, 0.3) is 0 Å². The highest BCUT2D eigenvalue weighted by molar-refractivity contribution is 5.89. The molecule has 0 amide bonds. The van der Waals surface area contributed by atoms with Gasteiger partial charge in [-0.2, -0.15) is 0 Å². The zero-order valence-electron chi connectivity index (χ0n) is 11.2. The lowest BCUT2D eigenvalue weighted by Crippen LogP contribution is -2.57. The molecule has 1 N–H and O–H groups in total. The Morgan fingerprint density at radius 3 is 2.56 bits per heavy atom. The van der Waals surface area contributed by atoms with Gasteiger partial charge in [0.25, 0.3) is 0 Å². The topological polar surface area (TPSA) is 41.6 Å². The van der Waals surface area contributed by atoms with Crippen LogP contribution in [-0.4, -0.2) is 38.3 Å². The number of methoxy groups -OCH3 is 1. The highest BCUT2D eigenvalue weighted by atomic mass is 16.5. The maximum Gasteiger partial charge on any atom is 0.337 e. The van der Waals surface area contributed by atoms with Crippen LogP contribution in [0.5, 0.6) is 0 Å². The van der Waals surface area contributed by atoms with Gasteiger partial charge in [-0.1, -0.05) is 0 Å². The number of rotatable bonds is 2. The zero-order valence-corrected chi connectivity index (χ0v) is 11.2. The van der Waals surface area contributed by atoms with Crippen molar-refractivity contribution in [2.24, 2.45) is 0 Å². The van der Waals surface area contributed by atoms with Gasteiger partial charge in [-0.15, -0.1) is 0 Å². The van der Waals surface area contributed by atoms with Crippen LogP contribution in [0, 0.1) is 0 Å². The Bertz CT molecular complexity index is 426. The maximum atomic E-state index is 11.4. The van der Waals surface area contributed by atoms with Crippen molar-refractivity contribution >= 4 is 11.7 Å². The molecule has 0 saturated carbocycles. The fraction of sp³-hybridized carbons (Fsp3) is 0.500. The molecule has 0 atom stereocenters. The number of piperazine rings is 1. The molecule has 0 aromatic heterocycles. The van der Waals surface area contributed by atoms with Crippen molar-refractivity contribution in [1.82, 2.24) is 5.32 Å². The molecule has 1 heterocycles. The van der Waals surface area contributed by atoms with Crippen molar-refractivity contribution in [3.8, 4) is 0 Å². The second kappa shape index (κ2) is 4.98. The quantitative estimate of drug-likeness (QED) is 0.808. The molecule has 0 spiro atoms. The number of esters is 1. The number of benzene rings is 1. The van der Waals surface area contributed by atoms with Crippen molar-refractivity contribution in [2.75, 3.05) is 31.6 Å². The van der Waals surface area contributed by atoms with Crippen LogP contribution in [-0.2, 0) is 4.74 Å². The van der Waals surface area contributed by atoms with Gasteiger partial charge in [-0.3, -0.25) is 0 Å². The number of nitrogens with zero attached hydrogens (tertiary/aromatic N) is 1. The number of nitrogens with one attached hydrogen (secondary N) is 1. The summed E-state index contributed by atoms with van der Waals surface area (Å²) in [5.74, 6) is -0.290. The third-order valence-corrected chi connectivity index (χ3v) is 3.22. The van der Waals surface area contributed by atoms with E-state index < -0.39 is 0 Å². The largest absolute Gasteiger partial charge is 0.465 e. The van der Waals surface area contributed by atoms with E-state index in [-0.39, 0.29) is 11.5 Å². The van der Waals surface area contributed by atoms with Crippen molar-refractivity contribution in [2.45, 2.75) is 19.4 Å². The highest BCUT2D eigenvalue weighted by Crippen LogP contribution is 2.20. The minimum Gasteiger partial charge on any atom is -0.465 e. The molecule has 1 aromatic carbocycles. The van der Waals surface area contributed by atoms with Gasteiger partial charge in [0, 0.05) is 30.9 Å². The summed E-state index contributed by atoms with van der Waals surface area (Å²) in [7, 11) is 1.40. The fourth-order valence-electron chi connectivity index (χ4n) is 2.29. The maximum absolute atomic E-state index is 11.4. The molecule has 18 heavy (non-hydrogen) atoms. The molecular weight excluding hydrogens is 228 g/mol. The summed E-state index contributed by atoms with van der Waals surface area (Å²) in [5, 5.41) is 3.48. The Labute approximate surface area is 108 Å². The zero-order chi connectivity index (χ0) is 13.2. The molecule has 1 aliphatic heterocycles. The first-order valence-corrected chi connectivity index (χ1v) is 6.20.